The zero-order chi connectivity index (χ0) is 11.1. The molecule has 0 aliphatic heterocycles. The molecule has 2 heteroatoms. The molecule has 0 aliphatic rings. The number of benzene rings is 1. The molecule has 0 amide bonds. The second-order valence-corrected chi connectivity index (χ2v) is 3.90. The van der Waals surface area contributed by atoms with Gasteiger partial charge >= 0.3 is 0 Å². The summed E-state index contributed by atoms with van der Waals surface area (Å²) < 4.78 is 0. The van der Waals surface area contributed by atoms with E-state index in [0.29, 0.717) is 12.3 Å². The highest BCUT2D eigenvalue weighted by Crippen LogP contribution is 2.26. The van der Waals surface area contributed by atoms with Crippen LogP contribution < -0.4 is 5.73 Å². The lowest BCUT2D eigenvalue weighted by Gasteiger charge is -2.15. The first-order valence-corrected chi connectivity index (χ1v) is 5.57. The molecule has 0 fully saturated rings. The van der Waals surface area contributed by atoms with Gasteiger partial charge in [0.05, 0.1) is 0 Å². The second-order valence-electron chi connectivity index (χ2n) is 3.90. The van der Waals surface area contributed by atoms with Gasteiger partial charge in [-0.2, -0.15) is 0 Å². The Bertz CT molecular complexity index is 292. The first kappa shape index (κ1) is 11.8. The van der Waals surface area contributed by atoms with Gasteiger partial charge in [0.1, 0.15) is 6.29 Å². The number of hydrogen-bond donors (Lipinski definition) is 1. The predicted octanol–water partition coefficient (Wildman–Crippen LogP) is 3.13. The molecular weight excluding hydrogens is 186 g/mol. The number of carbonyl (C=O) groups is 1. The molecule has 0 radical (unpaired) electrons. The number of aldehydes is 1. The van der Waals surface area contributed by atoms with Crippen molar-refractivity contribution in [2.24, 2.45) is 0 Å². The van der Waals surface area contributed by atoms with Gasteiger partial charge in [-0.25, -0.2) is 0 Å². The minimum absolute atomic E-state index is 0.501. The first-order valence-electron chi connectivity index (χ1n) is 5.57. The van der Waals surface area contributed by atoms with Crippen molar-refractivity contribution < 1.29 is 4.79 Å². The first-order chi connectivity index (χ1) is 7.27. The minimum Gasteiger partial charge on any atom is -0.399 e. The van der Waals surface area contributed by atoms with Gasteiger partial charge in [-0.05, 0) is 36.5 Å². The lowest BCUT2D eigenvalue weighted by atomic mass is 9.90. The number of nitrogens with two attached hydrogens (primary N) is 1. The molecule has 0 bridgehead atoms. The van der Waals surface area contributed by atoms with E-state index in [9.17, 15) is 4.79 Å². The summed E-state index contributed by atoms with van der Waals surface area (Å²) in [6.45, 7) is 2.17. The number of carbonyl (C=O) groups excluding carboxylic acids is 1. The number of rotatable bonds is 6. The van der Waals surface area contributed by atoms with Crippen molar-refractivity contribution in [3.05, 3.63) is 29.8 Å². The average Bonchev–Trinajstić information content (AvgIpc) is 2.25. The molecule has 1 unspecified atom stereocenters. The molecule has 2 N–H and O–H groups in total. The summed E-state index contributed by atoms with van der Waals surface area (Å²) in [5.74, 6) is 0.501. The number of anilines is 1. The minimum atomic E-state index is 0.501. The van der Waals surface area contributed by atoms with Gasteiger partial charge in [0, 0.05) is 12.1 Å². The average molecular weight is 205 g/mol. The van der Waals surface area contributed by atoms with Gasteiger partial charge in [0.25, 0.3) is 0 Å². The van der Waals surface area contributed by atoms with Crippen molar-refractivity contribution in [2.45, 2.75) is 38.5 Å². The predicted molar refractivity (Wildman–Crippen MR) is 63.8 cm³/mol. The highest BCUT2D eigenvalue weighted by Gasteiger charge is 2.09. The molecule has 0 heterocycles. The molecule has 1 aromatic carbocycles. The smallest absolute Gasteiger partial charge is 0.120 e. The van der Waals surface area contributed by atoms with Crippen LogP contribution in [0.5, 0.6) is 0 Å². The maximum Gasteiger partial charge on any atom is 0.120 e. The molecular formula is C13H19NO. The van der Waals surface area contributed by atoms with E-state index in [4.69, 9.17) is 5.73 Å². The molecule has 0 saturated carbocycles. The van der Waals surface area contributed by atoms with Crippen LogP contribution >= 0.6 is 0 Å². The van der Waals surface area contributed by atoms with Crippen LogP contribution in [0.2, 0.25) is 0 Å². The largest absolute Gasteiger partial charge is 0.399 e. The third-order valence-corrected chi connectivity index (χ3v) is 2.68. The van der Waals surface area contributed by atoms with Gasteiger partial charge in [0.15, 0.2) is 0 Å². The van der Waals surface area contributed by atoms with E-state index in [0.717, 1.165) is 31.2 Å². The summed E-state index contributed by atoms with van der Waals surface area (Å²) in [5.41, 5.74) is 7.74. The van der Waals surface area contributed by atoms with Gasteiger partial charge in [0.2, 0.25) is 0 Å². The molecule has 1 rings (SSSR count). The van der Waals surface area contributed by atoms with Crippen LogP contribution in [0.4, 0.5) is 5.69 Å². The maximum absolute atomic E-state index is 10.4. The fourth-order valence-electron chi connectivity index (χ4n) is 1.86. The lowest BCUT2D eigenvalue weighted by Crippen LogP contribution is -1.99. The highest BCUT2D eigenvalue weighted by atomic mass is 16.1. The van der Waals surface area contributed by atoms with Crippen molar-refractivity contribution in [1.29, 1.82) is 0 Å². The van der Waals surface area contributed by atoms with E-state index in [1.165, 1.54) is 5.56 Å². The SMILES string of the molecule is CCCC(CCC=O)c1ccc(N)cc1. The second kappa shape index (κ2) is 6.23. The van der Waals surface area contributed by atoms with Crippen LogP contribution in [0.1, 0.15) is 44.1 Å². The third-order valence-electron chi connectivity index (χ3n) is 2.68. The van der Waals surface area contributed by atoms with Crippen LogP contribution in [-0.2, 0) is 4.79 Å². The summed E-state index contributed by atoms with van der Waals surface area (Å²) in [6, 6.07) is 8.00. The van der Waals surface area contributed by atoms with E-state index in [-0.39, 0.29) is 0 Å². The van der Waals surface area contributed by atoms with E-state index in [1.54, 1.807) is 0 Å². The van der Waals surface area contributed by atoms with Crippen LogP contribution in [0.3, 0.4) is 0 Å². The molecule has 0 spiro atoms. The Kier molecular flexibility index (Phi) is 4.88. The van der Waals surface area contributed by atoms with Gasteiger partial charge in [-0.3, -0.25) is 0 Å². The monoisotopic (exact) mass is 205 g/mol. The van der Waals surface area contributed by atoms with E-state index < -0.39 is 0 Å². The fourth-order valence-corrected chi connectivity index (χ4v) is 1.86. The number of hydrogen-bond acceptors (Lipinski definition) is 2. The normalized spacial score (nSPS) is 12.3. The summed E-state index contributed by atoms with van der Waals surface area (Å²) in [7, 11) is 0. The Morgan fingerprint density at radius 2 is 1.93 bits per heavy atom. The van der Waals surface area contributed by atoms with Gasteiger partial charge in [-0.15, -0.1) is 0 Å². The van der Waals surface area contributed by atoms with Crippen molar-refractivity contribution in [1.82, 2.24) is 0 Å². The zero-order valence-electron chi connectivity index (χ0n) is 9.28. The standard InChI is InChI=1S/C13H19NO/c1-2-4-11(5-3-10-15)12-6-8-13(14)9-7-12/h6-11H,2-5,14H2,1H3. The molecule has 0 saturated heterocycles. The van der Waals surface area contributed by atoms with E-state index >= 15 is 0 Å². The zero-order valence-corrected chi connectivity index (χ0v) is 9.28. The molecule has 1 aromatic rings. The van der Waals surface area contributed by atoms with Gasteiger partial charge < -0.3 is 10.5 Å². The lowest BCUT2D eigenvalue weighted by molar-refractivity contribution is -0.108. The Labute approximate surface area is 91.5 Å². The highest BCUT2D eigenvalue weighted by molar-refractivity contribution is 5.49. The summed E-state index contributed by atoms with van der Waals surface area (Å²) >= 11 is 0. The Hall–Kier alpha value is -1.31. The third kappa shape index (κ3) is 3.74. The Morgan fingerprint density at radius 3 is 2.47 bits per heavy atom. The summed E-state index contributed by atoms with van der Waals surface area (Å²) in [6.07, 6.45) is 4.88. The van der Waals surface area contributed by atoms with Gasteiger partial charge in [-0.1, -0.05) is 25.5 Å². The van der Waals surface area contributed by atoms with Crippen molar-refractivity contribution >= 4 is 12.0 Å². The summed E-state index contributed by atoms with van der Waals surface area (Å²) in [5, 5.41) is 0. The molecule has 0 aromatic heterocycles. The number of nitrogen functional groups attached to an aromatic ring is 1. The quantitative estimate of drug-likeness (QED) is 0.572. The molecule has 1 atom stereocenters. The van der Waals surface area contributed by atoms with Crippen molar-refractivity contribution in [3.8, 4) is 0 Å². The van der Waals surface area contributed by atoms with Crippen molar-refractivity contribution in [3.63, 3.8) is 0 Å². The molecule has 0 aliphatic carbocycles. The fraction of sp³-hybridized carbons (Fsp3) is 0.462. The molecule has 82 valence electrons. The topological polar surface area (TPSA) is 43.1 Å². The van der Waals surface area contributed by atoms with Crippen LogP contribution in [0.25, 0.3) is 0 Å². The van der Waals surface area contributed by atoms with Crippen LogP contribution in [0, 0.1) is 0 Å². The molecule has 15 heavy (non-hydrogen) atoms. The maximum atomic E-state index is 10.4. The Balaban J connectivity index is 2.69. The van der Waals surface area contributed by atoms with E-state index in [2.05, 4.69) is 19.1 Å². The van der Waals surface area contributed by atoms with Crippen molar-refractivity contribution in [2.75, 3.05) is 5.73 Å². The Morgan fingerprint density at radius 1 is 1.27 bits per heavy atom. The summed E-state index contributed by atoms with van der Waals surface area (Å²) in [4.78, 5) is 10.4. The van der Waals surface area contributed by atoms with E-state index in [1.807, 2.05) is 12.1 Å². The van der Waals surface area contributed by atoms with Crippen LogP contribution in [-0.4, -0.2) is 6.29 Å². The molecule has 2 nitrogen and oxygen atoms in total. The van der Waals surface area contributed by atoms with Crippen LogP contribution in [0.15, 0.2) is 24.3 Å².